The Morgan fingerprint density at radius 1 is 0.718 bits per heavy atom. The summed E-state index contributed by atoms with van der Waals surface area (Å²) in [6, 6.07) is 33.1. The van der Waals surface area contributed by atoms with Gasteiger partial charge < -0.3 is 4.57 Å². The lowest BCUT2D eigenvalue weighted by Gasteiger charge is -2.31. The van der Waals surface area contributed by atoms with E-state index in [2.05, 4.69) is 139 Å². The van der Waals surface area contributed by atoms with Crippen molar-refractivity contribution in [1.29, 1.82) is 5.26 Å². The summed E-state index contributed by atoms with van der Waals surface area (Å²) in [5.74, 6) is 0. The van der Waals surface area contributed by atoms with Crippen LogP contribution >= 0.6 is 0 Å². The number of fused-ring (bicyclic) bond motifs is 4. The summed E-state index contributed by atoms with van der Waals surface area (Å²) in [6.45, 7) is 4.35. The Kier molecular flexibility index (Phi) is 5.25. The molecule has 0 bridgehead atoms. The summed E-state index contributed by atoms with van der Waals surface area (Å²) >= 11 is 0. The highest BCUT2D eigenvalue weighted by Gasteiger charge is 2.29. The van der Waals surface area contributed by atoms with Gasteiger partial charge in [0.25, 0.3) is 0 Å². The Morgan fingerprint density at radius 3 is 2.03 bits per heavy atom. The van der Waals surface area contributed by atoms with E-state index in [1.165, 1.54) is 55.0 Å². The fraction of sp³-hybridized carbons (Fsp3) is 0.162. The Hall–Kier alpha value is -4.61. The van der Waals surface area contributed by atoms with E-state index in [1.807, 2.05) is 6.92 Å². The van der Waals surface area contributed by atoms with E-state index >= 15 is 0 Å². The SMILES string of the molecule is CC1(C#N)C=CC(c2cccc3cccc(C4(C)C=CC(n5c6ccccc6c6ccccc65)=CC4)c23)=CC1. The van der Waals surface area contributed by atoms with Gasteiger partial charge in [-0.2, -0.15) is 5.26 Å². The first-order valence-electron chi connectivity index (χ1n) is 13.7. The molecule has 39 heavy (non-hydrogen) atoms. The maximum absolute atomic E-state index is 9.59. The van der Waals surface area contributed by atoms with Crippen LogP contribution in [-0.4, -0.2) is 4.57 Å². The minimum Gasteiger partial charge on any atom is -0.310 e. The van der Waals surface area contributed by atoms with Gasteiger partial charge in [-0.3, -0.25) is 0 Å². The molecule has 0 N–H and O–H groups in total. The van der Waals surface area contributed by atoms with Gasteiger partial charge in [-0.25, -0.2) is 0 Å². The molecule has 1 aromatic heterocycles. The first kappa shape index (κ1) is 23.5. The van der Waals surface area contributed by atoms with Crippen molar-refractivity contribution in [1.82, 2.24) is 4.57 Å². The first-order chi connectivity index (χ1) is 19.0. The van der Waals surface area contributed by atoms with Crippen molar-refractivity contribution in [2.75, 3.05) is 0 Å². The van der Waals surface area contributed by atoms with E-state index in [9.17, 15) is 5.26 Å². The number of hydrogen-bond donors (Lipinski definition) is 0. The van der Waals surface area contributed by atoms with E-state index in [0.717, 1.165) is 12.8 Å². The van der Waals surface area contributed by atoms with E-state index in [1.54, 1.807) is 0 Å². The maximum Gasteiger partial charge on any atom is 0.0763 e. The molecule has 0 radical (unpaired) electrons. The number of rotatable bonds is 3. The second-order valence-electron chi connectivity index (χ2n) is 11.4. The van der Waals surface area contributed by atoms with Gasteiger partial charge in [0, 0.05) is 21.9 Å². The molecular formula is C37H30N2. The van der Waals surface area contributed by atoms with Crippen LogP contribution in [0.2, 0.25) is 0 Å². The third-order valence-corrected chi connectivity index (χ3v) is 8.66. The third-order valence-electron chi connectivity index (χ3n) is 8.66. The van der Waals surface area contributed by atoms with Crippen molar-refractivity contribution < 1.29 is 0 Å². The van der Waals surface area contributed by atoms with E-state index < -0.39 is 5.41 Å². The summed E-state index contributed by atoms with van der Waals surface area (Å²) in [5, 5.41) is 14.7. The number of benzene rings is 4. The second kappa shape index (κ2) is 8.72. The summed E-state index contributed by atoms with van der Waals surface area (Å²) < 4.78 is 2.40. The Morgan fingerprint density at radius 2 is 1.41 bits per heavy atom. The second-order valence-corrected chi connectivity index (χ2v) is 11.4. The monoisotopic (exact) mass is 502 g/mol. The number of para-hydroxylation sites is 2. The quantitative estimate of drug-likeness (QED) is 0.241. The van der Waals surface area contributed by atoms with E-state index in [0.29, 0.717) is 0 Å². The van der Waals surface area contributed by atoms with Gasteiger partial charge in [0.2, 0.25) is 0 Å². The van der Waals surface area contributed by atoms with Crippen molar-refractivity contribution in [2.45, 2.75) is 32.1 Å². The fourth-order valence-electron chi connectivity index (χ4n) is 6.36. The van der Waals surface area contributed by atoms with Crippen LogP contribution in [-0.2, 0) is 5.41 Å². The third kappa shape index (κ3) is 3.69. The average molecular weight is 503 g/mol. The van der Waals surface area contributed by atoms with Crippen LogP contribution in [0.4, 0.5) is 0 Å². The van der Waals surface area contributed by atoms with Crippen LogP contribution in [0.3, 0.4) is 0 Å². The lowest BCUT2D eigenvalue weighted by molar-refractivity contribution is 0.575. The molecule has 0 saturated heterocycles. The number of hydrogen-bond acceptors (Lipinski definition) is 1. The van der Waals surface area contributed by atoms with Crippen molar-refractivity contribution in [2.24, 2.45) is 5.41 Å². The van der Waals surface area contributed by atoms with Crippen molar-refractivity contribution in [3.63, 3.8) is 0 Å². The van der Waals surface area contributed by atoms with Gasteiger partial charge in [0.05, 0.1) is 22.5 Å². The molecule has 188 valence electrons. The van der Waals surface area contributed by atoms with Gasteiger partial charge in [0.15, 0.2) is 0 Å². The standard InChI is InChI=1S/C37H30N2/c1-36(25-38)21-17-26(18-22-36)29-13-7-9-27-10-8-14-32(35(27)29)37(2)23-19-28(20-24-37)39-33-15-5-3-11-30(33)31-12-4-6-16-34(31)39/h3-21,23H,22,24H2,1-2H3. The van der Waals surface area contributed by atoms with Crippen LogP contribution in [0, 0.1) is 16.7 Å². The van der Waals surface area contributed by atoms with Gasteiger partial charge in [0.1, 0.15) is 0 Å². The highest BCUT2D eigenvalue weighted by molar-refractivity contribution is 6.10. The number of allylic oxidation sites excluding steroid dienone is 8. The normalized spacial score (nSPS) is 22.7. The maximum atomic E-state index is 9.59. The van der Waals surface area contributed by atoms with Gasteiger partial charge >= 0.3 is 0 Å². The van der Waals surface area contributed by atoms with Crippen LogP contribution in [0.15, 0.2) is 121 Å². The Balaban J connectivity index is 1.33. The summed E-state index contributed by atoms with van der Waals surface area (Å²) in [7, 11) is 0. The average Bonchev–Trinajstić information content (AvgIpc) is 3.32. The molecule has 2 aliphatic rings. The van der Waals surface area contributed by atoms with Gasteiger partial charge in [-0.05, 0) is 65.4 Å². The number of aromatic nitrogens is 1. The lowest BCUT2D eigenvalue weighted by Crippen LogP contribution is -2.21. The Labute approximate surface area is 229 Å². The van der Waals surface area contributed by atoms with Crippen molar-refractivity contribution in [3.8, 4) is 6.07 Å². The summed E-state index contributed by atoms with van der Waals surface area (Å²) in [5.41, 5.74) is 6.92. The van der Waals surface area contributed by atoms with Gasteiger partial charge in [-0.1, -0.05) is 110 Å². The zero-order valence-electron chi connectivity index (χ0n) is 22.4. The first-order valence-corrected chi connectivity index (χ1v) is 13.7. The minimum atomic E-state index is -0.428. The molecule has 2 heteroatoms. The molecule has 5 aromatic rings. The van der Waals surface area contributed by atoms with Crippen LogP contribution < -0.4 is 0 Å². The molecule has 2 aliphatic carbocycles. The minimum absolute atomic E-state index is 0.141. The molecule has 2 unspecified atom stereocenters. The molecule has 1 heterocycles. The van der Waals surface area contributed by atoms with Gasteiger partial charge in [-0.15, -0.1) is 0 Å². The van der Waals surface area contributed by atoms with E-state index in [-0.39, 0.29) is 5.41 Å². The van der Waals surface area contributed by atoms with Crippen molar-refractivity contribution >= 4 is 43.8 Å². The predicted octanol–water partition coefficient (Wildman–Crippen LogP) is 9.58. The summed E-state index contributed by atoms with van der Waals surface area (Å²) in [4.78, 5) is 0. The molecule has 4 aromatic carbocycles. The zero-order chi connectivity index (χ0) is 26.6. The molecule has 0 spiro atoms. The number of nitriles is 1. The number of nitrogens with zero attached hydrogens (tertiary/aromatic N) is 2. The zero-order valence-corrected chi connectivity index (χ0v) is 22.4. The molecule has 0 amide bonds. The molecule has 7 rings (SSSR count). The Bertz CT molecular complexity index is 1900. The van der Waals surface area contributed by atoms with Crippen molar-refractivity contribution in [3.05, 3.63) is 133 Å². The molecule has 2 atom stereocenters. The molecule has 0 aliphatic heterocycles. The topological polar surface area (TPSA) is 28.7 Å². The predicted molar refractivity (Wildman–Crippen MR) is 164 cm³/mol. The molecule has 0 saturated carbocycles. The fourth-order valence-corrected chi connectivity index (χ4v) is 6.36. The molecule has 0 fully saturated rings. The summed E-state index contributed by atoms with van der Waals surface area (Å²) in [6.07, 6.45) is 15.2. The largest absolute Gasteiger partial charge is 0.310 e. The van der Waals surface area contributed by atoms with E-state index in [4.69, 9.17) is 0 Å². The lowest BCUT2D eigenvalue weighted by atomic mass is 9.73. The molecular weight excluding hydrogens is 472 g/mol. The highest BCUT2D eigenvalue weighted by atomic mass is 15.0. The smallest absolute Gasteiger partial charge is 0.0763 e. The van der Waals surface area contributed by atoms with Crippen LogP contribution in [0.1, 0.15) is 37.8 Å². The molecule has 2 nitrogen and oxygen atoms in total. The van der Waals surface area contributed by atoms with Crippen LogP contribution in [0.25, 0.3) is 43.8 Å². The van der Waals surface area contributed by atoms with Crippen LogP contribution in [0.5, 0.6) is 0 Å². The highest BCUT2D eigenvalue weighted by Crippen LogP contribution is 2.43.